The Morgan fingerprint density at radius 3 is 2.69 bits per heavy atom. The number of piperidine rings is 1. The Morgan fingerprint density at radius 2 is 1.96 bits per heavy atom. The van der Waals surface area contributed by atoms with Crippen LogP contribution >= 0.6 is 11.3 Å². The summed E-state index contributed by atoms with van der Waals surface area (Å²) in [5.74, 6) is -1.28. The third-order valence-corrected chi connectivity index (χ3v) is 6.87. The number of fused-ring (bicyclic) bond motifs is 1. The average Bonchev–Trinajstić information content (AvgIpc) is 3.23. The van der Waals surface area contributed by atoms with Crippen LogP contribution in [0, 0.1) is 12.8 Å². The van der Waals surface area contributed by atoms with E-state index in [2.05, 4.69) is 4.68 Å². The molecule has 1 N–H and O–H groups in total. The van der Waals surface area contributed by atoms with Gasteiger partial charge in [-0.3, -0.25) is 14.3 Å². The van der Waals surface area contributed by atoms with Crippen molar-refractivity contribution in [3.63, 3.8) is 0 Å². The summed E-state index contributed by atoms with van der Waals surface area (Å²) in [5, 5.41) is 15.1. The molecular formula is C19H25N3O3S. The topological polar surface area (TPSA) is 75.4 Å². The zero-order chi connectivity index (χ0) is 18.3. The highest BCUT2D eigenvalue weighted by Crippen LogP contribution is 2.36. The summed E-state index contributed by atoms with van der Waals surface area (Å²) in [7, 11) is 0. The van der Waals surface area contributed by atoms with Crippen molar-refractivity contribution in [1.82, 2.24) is 14.7 Å². The number of hydrogen-bond acceptors (Lipinski definition) is 4. The summed E-state index contributed by atoms with van der Waals surface area (Å²) < 4.78 is 2.14. The van der Waals surface area contributed by atoms with Crippen molar-refractivity contribution in [1.29, 1.82) is 0 Å². The molecule has 2 aromatic rings. The number of aromatic nitrogens is 2. The lowest BCUT2D eigenvalue weighted by atomic mass is 9.96. The summed E-state index contributed by atoms with van der Waals surface area (Å²) in [4.78, 5) is 27.7. The molecule has 1 aliphatic carbocycles. The van der Waals surface area contributed by atoms with E-state index in [1.807, 2.05) is 13.0 Å². The largest absolute Gasteiger partial charge is 0.481 e. The molecule has 1 saturated carbocycles. The predicted molar refractivity (Wildman–Crippen MR) is 101 cm³/mol. The number of carboxylic acid groups (broad SMARTS) is 1. The molecule has 1 aliphatic heterocycles. The van der Waals surface area contributed by atoms with Gasteiger partial charge in [-0.05, 0) is 38.7 Å². The maximum Gasteiger partial charge on any atom is 0.308 e. The minimum Gasteiger partial charge on any atom is -0.481 e. The molecule has 0 radical (unpaired) electrons. The number of amides is 1. The standard InChI is InChI=1S/C19H25N3O3S/c1-12-15-10-16(17(23)21-9-5-6-13(11-21)19(24)25)26-18(15)22(20-12)14-7-3-2-4-8-14/h10,13-14H,2-9,11H2,1H3,(H,24,25)/t13-/m0/s1. The van der Waals surface area contributed by atoms with E-state index in [-0.39, 0.29) is 5.91 Å². The van der Waals surface area contributed by atoms with Crippen LogP contribution in [0.4, 0.5) is 0 Å². The lowest BCUT2D eigenvalue weighted by Crippen LogP contribution is -2.42. The van der Waals surface area contributed by atoms with Crippen molar-refractivity contribution in [3.8, 4) is 0 Å². The van der Waals surface area contributed by atoms with Crippen molar-refractivity contribution in [2.75, 3.05) is 13.1 Å². The van der Waals surface area contributed by atoms with Crippen LogP contribution in [0.5, 0.6) is 0 Å². The monoisotopic (exact) mass is 375 g/mol. The van der Waals surface area contributed by atoms with Gasteiger partial charge < -0.3 is 10.0 Å². The van der Waals surface area contributed by atoms with E-state index in [4.69, 9.17) is 5.10 Å². The maximum atomic E-state index is 12.9. The van der Waals surface area contributed by atoms with Gasteiger partial charge in [0.25, 0.3) is 5.91 Å². The Hall–Kier alpha value is -1.89. The second-order valence-corrected chi connectivity index (χ2v) is 8.61. The maximum absolute atomic E-state index is 12.9. The third-order valence-electron chi connectivity index (χ3n) is 5.76. The van der Waals surface area contributed by atoms with Gasteiger partial charge in [0.15, 0.2) is 0 Å². The van der Waals surface area contributed by atoms with Gasteiger partial charge in [-0.25, -0.2) is 0 Å². The van der Waals surface area contributed by atoms with Crippen molar-refractivity contribution in [2.45, 2.75) is 57.9 Å². The van der Waals surface area contributed by atoms with Crippen LogP contribution in [0.15, 0.2) is 6.07 Å². The molecule has 2 fully saturated rings. The molecule has 140 valence electrons. The predicted octanol–water partition coefficient (Wildman–Crippen LogP) is 3.85. The highest BCUT2D eigenvalue weighted by molar-refractivity contribution is 7.20. The SMILES string of the molecule is Cc1nn(C2CCCCC2)c2sc(C(=O)N3CCC[C@H](C(=O)O)C3)cc12. The molecule has 1 atom stereocenters. The number of nitrogens with zero attached hydrogens (tertiary/aromatic N) is 3. The molecule has 0 spiro atoms. The highest BCUT2D eigenvalue weighted by atomic mass is 32.1. The Bertz CT molecular complexity index is 835. The van der Waals surface area contributed by atoms with Gasteiger partial charge in [-0.15, -0.1) is 11.3 Å². The Labute approximate surface area is 156 Å². The van der Waals surface area contributed by atoms with Gasteiger partial charge in [-0.2, -0.15) is 5.10 Å². The highest BCUT2D eigenvalue weighted by Gasteiger charge is 2.30. The molecule has 26 heavy (non-hydrogen) atoms. The van der Waals surface area contributed by atoms with E-state index in [0.29, 0.717) is 30.4 Å². The fourth-order valence-corrected chi connectivity index (χ4v) is 5.47. The molecule has 2 aliphatic rings. The summed E-state index contributed by atoms with van der Waals surface area (Å²) in [6.07, 6.45) is 7.50. The van der Waals surface area contributed by atoms with E-state index in [1.54, 1.807) is 4.90 Å². The molecule has 0 unspecified atom stereocenters. The van der Waals surface area contributed by atoms with Crippen molar-refractivity contribution in [2.24, 2.45) is 5.92 Å². The second kappa shape index (κ2) is 7.02. The van der Waals surface area contributed by atoms with E-state index in [1.165, 1.54) is 30.6 Å². The van der Waals surface area contributed by atoms with E-state index in [9.17, 15) is 14.7 Å². The van der Waals surface area contributed by atoms with Crippen molar-refractivity contribution >= 4 is 33.4 Å². The molecule has 3 heterocycles. The van der Waals surface area contributed by atoms with Crippen LogP contribution in [0.2, 0.25) is 0 Å². The second-order valence-electron chi connectivity index (χ2n) is 7.58. The Kier molecular flexibility index (Phi) is 4.73. The molecule has 7 heteroatoms. The number of hydrogen-bond donors (Lipinski definition) is 1. The average molecular weight is 375 g/mol. The number of carbonyl (C=O) groups excluding carboxylic acids is 1. The lowest BCUT2D eigenvalue weighted by molar-refractivity contribution is -0.143. The van der Waals surface area contributed by atoms with Crippen LogP contribution < -0.4 is 0 Å². The van der Waals surface area contributed by atoms with Crippen LogP contribution in [-0.4, -0.2) is 44.8 Å². The number of aryl methyl sites for hydroxylation is 1. The first-order valence-electron chi connectivity index (χ1n) is 9.55. The zero-order valence-electron chi connectivity index (χ0n) is 15.1. The van der Waals surface area contributed by atoms with Gasteiger partial charge in [0, 0.05) is 18.5 Å². The molecule has 6 nitrogen and oxygen atoms in total. The first kappa shape index (κ1) is 17.5. The Morgan fingerprint density at radius 1 is 1.19 bits per heavy atom. The van der Waals surface area contributed by atoms with Crippen LogP contribution in [0.1, 0.15) is 66.4 Å². The van der Waals surface area contributed by atoms with Gasteiger partial charge in [-0.1, -0.05) is 19.3 Å². The quantitative estimate of drug-likeness (QED) is 0.884. The first-order chi connectivity index (χ1) is 12.5. The van der Waals surface area contributed by atoms with Crippen LogP contribution in [0.25, 0.3) is 10.2 Å². The van der Waals surface area contributed by atoms with Crippen LogP contribution in [-0.2, 0) is 4.79 Å². The molecule has 1 amide bonds. The minimum absolute atomic E-state index is 0.0354. The molecule has 2 aromatic heterocycles. The molecular weight excluding hydrogens is 350 g/mol. The third kappa shape index (κ3) is 3.13. The summed E-state index contributed by atoms with van der Waals surface area (Å²) in [6, 6.07) is 2.39. The smallest absolute Gasteiger partial charge is 0.308 e. The van der Waals surface area contributed by atoms with Gasteiger partial charge in [0.1, 0.15) is 4.83 Å². The van der Waals surface area contributed by atoms with Crippen LogP contribution in [0.3, 0.4) is 0 Å². The van der Waals surface area contributed by atoms with Crippen molar-refractivity contribution in [3.05, 3.63) is 16.6 Å². The number of carbonyl (C=O) groups is 2. The zero-order valence-corrected chi connectivity index (χ0v) is 15.9. The van der Waals surface area contributed by atoms with E-state index >= 15 is 0 Å². The lowest BCUT2D eigenvalue weighted by Gasteiger charge is -2.30. The van der Waals surface area contributed by atoms with Gasteiger partial charge in [0.2, 0.25) is 0 Å². The number of rotatable bonds is 3. The molecule has 1 saturated heterocycles. The number of thiophene rings is 1. The van der Waals surface area contributed by atoms with Gasteiger partial charge >= 0.3 is 5.97 Å². The fraction of sp³-hybridized carbons (Fsp3) is 0.632. The van der Waals surface area contributed by atoms with Crippen molar-refractivity contribution < 1.29 is 14.7 Å². The molecule has 0 aromatic carbocycles. The van der Waals surface area contributed by atoms with E-state index in [0.717, 1.165) is 35.2 Å². The number of likely N-dealkylation sites (tertiary alicyclic amines) is 1. The summed E-state index contributed by atoms with van der Waals surface area (Å²) in [5.41, 5.74) is 0.975. The normalized spacial score (nSPS) is 22.0. The summed E-state index contributed by atoms with van der Waals surface area (Å²) >= 11 is 1.51. The summed E-state index contributed by atoms with van der Waals surface area (Å²) in [6.45, 7) is 2.96. The number of aliphatic carboxylic acids is 1. The number of carboxylic acids is 1. The Balaban J connectivity index is 1.60. The van der Waals surface area contributed by atoms with Gasteiger partial charge in [0.05, 0.1) is 22.5 Å². The fourth-order valence-electron chi connectivity index (χ4n) is 4.27. The first-order valence-corrected chi connectivity index (χ1v) is 10.4. The molecule has 0 bridgehead atoms. The van der Waals surface area contributed by atoms with E-state index < -0.39 is 11.9 Å². The minimum atomic E-state index is -0.803. The molecule has 4 rings (SSSR count).